The van der Waals surface area contributed by atoms with E-state index in [-0.39, 0.29) is 12.3 Å². The molecule has 1 aromatic carbocycles. The second-order valence-corrected chi connectivity index (χ2v) is 8.00. The summed E-state index contributed by atoms with van der Waals surface area (Å²) in [6.45, 7) is 6.06. The Balaban J connectivity index is 2.21. The quantitative estimate of drug-likeness (QED) is 0.709. The molecule has 0 aliphatic carbocycles. The Hall–Kier alpha value is -1.92. The van der Waals surface area contributed by atoms with E-state index in [9.17, 15) is 9.59 Å². The van der Waals surface area contributed by atoms with E-state index in [4.69, 9.17) is 16.3 Å². The highest BCUT2D eigenvalue weighted by molar-refractivity contribution is 7.13. The molecule has 1 atom stereocenters. The summed E-state index contributed by atoms with van der Waals surface area (Å²) in [7, 11) is 1.33. The van der Waals surface area contributed by atoms with Crippen molar-refractivity contribution in [1.82, 2.24) is 10.3 Å². The second kappa shape index (κ2) is 9.14. The molecule has 2 rings (SSSR count). The fourth-order valence-corrected chi connectivity index (χ4v) is 3.83. The molecule has 1 aromatic heterocycles. The molecule has 0 saturated heterocycles. The average molecular weight is 395 g/mol. The van der Waals surface area contributed by atoms with Crippen LogP contribution in [0.2, 0.25) is 5.02 Å². The molecule has 26 heavy (non-hydrogen) atoms. The van der Waals surface area contributed by atoms with Crippen molar-refractivity contribution < 1.29 is 14.3 Å². The number of rotatable bonds is 7. The van der Waals surface area contributed by atoms with Gasteiger partial charge in [-0.1, -0.05) is 37.6 Å². The van der Waals surface area contributed by atoms with Crippen LogP contribution in [0, 0.1) is 12.8 Å². The van der Waals surface area contributed by atoms with E-state index in [0.29, 0.717) is 21.5 Å². The van der Waals surface area contributed by atoms with Gasteiger partial charge in [-0.2, -0.15) is 0 Å². The smallest absolute Gasteiger partial charge is 0.307 e. The van der Waals surface area contributed by atoms with Gasteiger partial charge in [-0.05, 0) is 30.5 Å². The zero-order valence-electron chi connectivity index (χ0n) is 15.3. The number of hydrogen-bond donors (Lipinski definition) is 1. The summed E-state index contributed by atoms with van der Waals surface area (Å²) in [6.07, 6.45) is 0.877. The van der Waals surface area contributed by atoms with Crippen LogP contribution >= 0.6 is 22.9 Å². The molecule has 7 heteroatoms. The van der Waals surface area contributed by atoms with Gasteiger partial charge in [-0.25, -0.2) is 4.98 Å². The van der Waals surface area contributed by atoms with E-state index >= 15 is 0 Å². The maximum absolute atomic E-state index is 12.8. The maximum atomic E-state index is 12.8. The van der Waals surface area contributed by atoms with E-state index in [1.165, 1.54) is 18.4 Å². The number of esters is 1. The van der Waals surface area contributed by atoms with Gasteiger partial charge in [-0.3, -0.25) is 9.59 Å². The fourth-order valence-electron chi connectivity index (χ4n) is 2.52. The molecule has 1 N–H and O–H groups in total. The highest BCUT2D eigenvalue weighted by Crippen LogP contribution is 2.24. The average Bonchev–Trinajstić information content (AvgIpc) is 2.94. The molecule has 0 saturated carbocycles. The van der Waals surface area contributed by atoms with Gasteiger partial charge < -0.3 is 10.1 Å². The lowest BCUT2D eigenvalue weighted by molar-refractivity contribution is -0.141. The minimum Gasteiger partial charge on any atom is -0.469 e. The number of thiazole rings is 1. The van der Waals surface area contributed by atoms with Crippen LogP contribution in [-0.4, -0.2) is 24.0 Å². The fraction of sp³-hybridized carbons (Fsp3) is 0.421. The Bertz CT molecular complexity index is 772. The number of aromatic nitrogens is 1. The molecule has 1 amide bonds. The number of methoxy groups -OCH3 is 1. The first-order chi connectivity index (χ1) is 12.3. The Labute approximate surface area is 162 Å². The van der Waals surface area contributed by atoms with Crippen molar-refractivity contribution in [2.45, 2.75) is 39.7 Å². The Morgan fingerprint density at radius 1 is 1.27 bits per heavy atom. The molecule has 1 heterocycles. The number of carbonyl (C=O) groups excluding carboxylic acids is 2. The van der Waals surface area contributed by atoms with Crippen LogP contribution in [-0.2, 0) is 16.0 Å². The van der Waals surface area contributed by atoms with Crippen molar-refractivity contribution in [3.63, 3.8) is 0 Å². The third-order valence-electron chi connectivity index (χ3n) is 3.81. The Kier molecular flexibility index (Phi) is 7.17. The van der Waals surface area contributed by atoms with Crippen LogP contribution in [0.25, 0.3) is 0 Å². The predicted octanol–water partition coefficient (Wildman–Crippen LogP) is 4.34. The third kappa shape index (κ3) is 5.54. The third-order valence-corrected chi connectivity index (χ3v) is 5.24. The highest BCUT2D eigenvalue weighted by atomic mass is 35.5. The Morgan fingerprint density at radius 2 is 1.92 bits per heavy atom. The van der Waals surface area contributed by atoms with Crippen molar-refractivity contribution in [2.24, 2.45) is 5.92 Å². The van der Waals surface area contributed by atoms with Crippen LogP contribution in [0.5, 0.6) is 0 Å². The molecule has 0 aliphatic heterocycles. The number of aryl methyl sites for hydroxylation is 1. The van der Waals surface area contributed by atoms with Crippen molar-refractivity contribution >= 4 is 34.8 Å². The summed E-state index contributed by atoms with van der Waals surface area (Å²) in [5.74, 6) is -0.164. The molecule has 0 aliphatic rings. The van der Waals surface area contributed by atoms with Crippen LogP contribution in [0.1, 0.15) is 52.2 Å². The molecule has 0 bridgehead atoms. The molecule has 1 unspecified atom stereocenters. The summed E-state index contributed by atoms with van der Waals surface area (Å²) in [4.78, 5) is 29.6. The lowest BCUT2D eigenvalue weighted by Crippen LogP contribution is -2.30. The summed E-state index contributed by atoms with van der Waals surface area (Å²) in [5, 5.41) is 4.46. The van der Waals surface area contributed by atoms with Gasteiger partial charge in [0.1, 0.15) is 4.88 Å². The number of nitrogens with one attached hydrogen (secondary N) is 1. The molecule has 140 valence electrons. The van der Waals surface area contributed by atoms with Crippen LogP contribution < -0.4 is 5.32 Å². The topological polar surface area (TPSA) is 68.3 Å². The van der Waals surface area contributed by atoms with Crippen molar-refractivity contribution in [2.75, 3.05) is 7.11 Å². The molecule has 5 nitrogen and oxygen atoms in total. The number of carbonyl (C=O) groups is 2. The second-order valence-electron chi connectivity index (χ2n) is 6.48. The summed E-state index contributed by atoms with van der Waals surface area (Å²) in [5.41, 5.74) is 1.49. The van der Waals surface area contributed by atoms with Gasteiger partial charge in [0.05, 0.1) is 30.3 Å². The number of halogens is 1. The zero-order valence-corrected chi connectivity index (χ0v) is 16.9. The van der Waals surface area contributed by atoms with Gasteiger partial charge in [-0.15, -0.1) is 11.3 Å². The van der Waals surface area contributed by atoms with Crippen LogP contribution in [0.3, 0.4) is 0 Å². The molecule has 2 aromatic rings. The first-order valence-electron chi connectivity index (χ1n) is 8.39. The predicted molar refractivity (Wildman–Crippen MR) is 104 cm³/mol. The Morgan fingerprint density at radius 3 is 2.50 bits per heavy atom. The first kappa shape index (κ1) is 20.4. The standard InChI is InChI=1S/C19H23ClN2O3S/c1-11(2)9-16-21-12(3)18(26-16)19(24)22-15(10-17(23)25-4)13-5-7-14(20)8-6-13/h5-8,11,15H,9-10H2,1-4H3,(H,22,24). The van der Waals surface area contributed by atoms with E-state index in [1.807, 2.05) is 6.92 Å². The zero-order chi connectivity index (χ0) is 19.3. The van der Waals surface area contributed by atoms with Gasteiger partial charge in [0.25, 0.3) is 5.91 Å². The number of amides is 1. The van der Waals surface area contributed by atoms with E-state index < -0.39 is 12.0 Å². The van der Waals surface area contributed by atoms with Crippen molar-refractivity contribution in [1.29, 1.82) is 0 Å². The maximum Gasteiger partial charge on any atom is 0.307 e. The SMILES string of the molecule is COC(=O)CC(NC(=O)c1sc(CC(C)C)nc1C)c1ccc(Cl)cc1. The minimum absolute atomic E-state index is 0.0422. The van der Waals surface area contributed by atoms with E-state index in [2.05, 4.69) is 24.1 Å². The number of benzene rings is 1. The van der Waals surface area contributed by atoms with Crippen LogP contribution in [0.4, 0.5) is 0 Å². The number of nitrogens with zero attached hydrogens (tertiary/aromatic N) is 1. The normalized spacial score (nSPS) is 12.1. The number of hydrogen-bond acceptors (Lipinski definition) is 5. The summed E-state index contributed by atoms with van der Waals surface area (Å²) in [6, 6.07) is 6.54. The highest BCUT2D eigenvalue weighted by Gasteiger charge is 2.22. The monoisotopic (exact) mass is 394 g/mol. The van der Waals surface area contributed by atoms with E-state index in [1.54, 1.807) is 24.3 Å². The summed E-state index contributed by atoms with van der Waals surface area (Å²) < 4.78 is 4.76. The van der Waals surface area contributed by atoms with E-state index in [0.717, 1.165) is 17.0 Å². The summed E-state index contributed by atoms with van der Waals surface area (Å²) >= 11 is 7.33. The molecular formula is C19H23ClN2O3S. The minimum atomic E-state index is -0.498. The first-order valence-corrected chi connectivity index (χ1v) is 9.59. The molecular weight excluding hydrogens is 372 g/mol. The molecule has 0 fully saturated rings. The van der Waals surface area contributed by atoms with Gasteiger partial charge in [0.2, 0.25) is 0 Å². The van der Waals surface area contributed by atoms with Gasteiger partial charge in [0, 0.05) is 11.4 Å². The van der Waals surface area contributed by atoms with Crippen molar-refractivity contribution in [3.05, 3.63) is 50.4 Å². The van der Waals surface area contributed by atoms with Gasteiger partial charge in [0.15, 0.2) is 0 Å². The molecule has 0 radical (unpaired) electrons. The largest absolute Gasteiger partial charge is 0.469 e. The van der Waals surface area contributed by atoms with Crippen LogP contribution in [0.15, 0.2) is 24.3 Å². The number of ether oxygens (including phenoxy) is 1. The lowest BCUT2D eigenvalue weighted by Gasteiger charge is -2.18. The van der Waals surface area contributed by atoms with Gasteiger partial charge >= 0.3 is 5.97 Å². The molecule has 0 spiro atoms. The lowest BCUT2D eigenvalue weighted by atomic mass is 10.0. The van der Waals surface area contributed by atoms with Crippen molar-refractivity contribution in [3.8, 4) is 0 Å².